The molecule has 0 atom stereocenters. The van der Waals surface area contributed by atoms with Crippen LogP contribution in [0.5, 0.6) is 0 Å². The average molecular weight is 411 g/mol. The van der Waals surface area contributed by atoms with E-state index in [4.69, 9.17) is 4.74 Å². The fourth-order valence-corrected chi connectivity index (χ4v) is 3.58. The van der Waals surface area contributed by atoms with Crippen molar-refractivity contribution in [2.45, 2.75) is 39.7 Å². The number of esters is 1. The van der Waals surface area contributed by atoms with Gasteiger partial charge in [0.15, 0.2) is 0 Å². The minimum absolute atomic E-state index is 0.366. The van der Waals surface area contributed by atoms with Crippen LogP contribution in [0.3, 0.4) is 0 Å². The number of carbonyl (C=O) groups excluding carboxylic acids is 1. The van der Waals surface area contributed by atoms with Crippen molar-refractivity contribution in [1.82, 2.24) is 0 Å². The summed E-state index contributed by atoms with van der Waals surface area (Å²) in [7, 11) is 0. The van der Waals surface area contributed by atoms with Crippen LogP contribution in [-0.2, 0) is 9.53 Å². The summed E-state index contributed by atoms with van der Waals surface area (Å²) < 4.78 is 5.47. The molecule has 0 radical (unpaired) electrons. The lowest BCUT2D eigenvalue weighted by atomic mass is 9.87. The van der Waals surface area contributed by atoms with Crippen molar-refractivity contribution in [3.05, 3.63) is 114 Å². The monoisotopic (exact) mass is 410 g/mol. The molecule has 2 heteroatoms. The third-order valence-electron chi connectivity index (χ3n) is 5.01. The standard InChI is InChI=1S/C29H30O2/c1-6-26(23-13-9-7-10-14-23)27(24-15-11-8-12-16-24)25-19-17-22(18-20-25)21(2)28(30)31-29(3,4)5/h7-20H,2,6H2,1,3-5H3. The van der Waals surface area contributed by atoms with Crippen LogP contribution < -0.4 is 0 Å². The number of hydrogen-bond donors (Lipinski definition) is 0. The highest BCUT2D eigenvalue weighted by Crippen LogP contribution is 2.34. The van der Waals surface area contributed by atoms with E-state index in [1.165, 1.54) is 22.3 Å². The number of hydrogen-bond acceptors (Lipinski definition) is 2. The minimum Gasteiger partial charge on any atom is -0.456 e. The molecule has 0 aliphatic carbocycles. The Morgan fingerprint density at radius 1 is 0.742 bits per heavy atom. The number of carbonyl (C=O) groups is 1. The first-order valence-corrected chi connectivity index (χ1v) is 10.7. The summed E-state index contributed by atoms with van der Waals surface area (Å²) in [6, 6.07) is 28.9. The second-order valence-electron chi connectivity index (χ2n) is 8.50. The fourth-order valence-electron chi connectivity index (χ4n) is 3.58. The quantitative estimate of drug-likeness (QED) is 0.240. The zero-order chi connectivity index (χ0) is 22.4. The number of rotatable bonds is 6. The van der Waals surface area contributed by atoms with Gasteiger partial charge in [-0.1, -0.05) is 98.4 Å². The SMILES string of the molecule is C=C(C(=O)OC(C)(C)C)c1ccc(C(=C(CC)c2ccccc2)c2ccccc2)cc1. The lowest BCUT2D eigenvalue weighted by Crippen LogP contribution is -2.24. The highest BCUT2D eigenvalue weighted by Gasteiger charge is 2.20. The van der Waals surface area contributed by atoms with Gasteiger partial charge in [-0.3, -0.25) is 0 Å². The molecule has 0 fully saturated rings. The zero-order valence-corrected chi connectivity index (χ0v) is 18.8. The molecule has 0 spiro atoms. The lowest BCUT2D eigenvalue weighted by Gasteiger charge is -2.20. The molecule has 2 nitrogen and oxygen atoms in total. The largest absolute Gasteiger partial charge is 0.456 e. The highest BCUT2D eigenvalue weighted by molar-refractivity contribution is 6.15. The van der Waals surface area contributed by atoms with Crippen molar-refractivity contribution >= 4 is 22.7 Å². The molecule has 0 aliphatic heterocycles. The second-order valence-corrected chi connectivity index (χ2v) is 8.50. The molecule has 31 heavy (non-hydrogen) atoms. The molecule has 0 N–H and O–H groups in total. The van der Waals surface area contributed by atoms with E-state index in [0.717, 1.165) is 17.5 Å². The second kappa shape index (κ2) is 9.61. The van der Waals surface area contributed by atoms with Crippen LogP contribution in [0, 0.1) is 0 Å². The molecule has 0 aromatic heterocycles. The van der Waals surface area contributed by atoms with Crippen LogP contribution in [0.15, 0.2) is 91.5 Å². The third kappa shape index (κ3) is 5.61. The van der Waals surface area contributed by atoms with Gasteiger partial charge in [-0.05, 0) is 60.6 Å². The minimum atomic E-state index is -0.547. The van der Waals surface area contributed by atoms with Gasteiger partial charge in [-0.25, -0.2) is 4.79 Å². The molecule has 3 aromatic carbocycles. The summed E-state index contributed by atoms with van der Waals surface area (Å²) >= 11 is 0. The summed E-state index contributed by atoms with van der Waals surface area (Å²) in [6.07, 6.45) is 0.903. The molecule has 0 saturated carbocycles. The zero-order valence-electron chi connectivity index (χ0n) is 18.8. The van der Waals surface area contributed by atoms with E-state index in [-0.39, 0.29) is 0 Å². The first-order valence-electron chi connectivity index (χ1n) is 10.7. The fraction of sp³-hybridized carbons (Fsp3) is 0.207. The topological polar surface area (TPSA) is 26.3 Å². The van der Waals surface area contributed by atoms with Crippen molar-refractivity contribution in [3.63, 3.8) is 0 Å². The Hall–Kier alpha value is -3.39. The van der Waals surface area contributed by atoms with E-state index in [1.807, 2.05) is 45.0 Å². The van der Waals surface area contributed by atoms with Gasteiger partial charge in [0.05, 0.1) is 5.57 Å². The van der Waals surface area contributed by atoms with E-state index in [2.05, 4.69) is 74.2 Å². The lowest BCUT2D eigenvalue weighted by molar-refractivity contribution is -0.147. The summed E-state index contributed by atoms with van der Waals surface area (Å²) in [5.41, 5.74) is 6.55. The maximum absolute atomic E-state index is 12.4. The third-order valence-corrected chi connectivity index (χ3v) is 5.01. The van der Waals surface area contributed by atoms with E-state index in [0.29, 0.717) is 5.57 Å². The molecule has 0 saturated heterocycles. The molecule has 158 valence electrons. The molecule has 3 aromatic rings. The predicted molar refractivity (Wildman–Crippen MR) is 130 cm³/mol. The molecule has 0 heterocycles. The van der Waals surface area contributed by atoms with E-state index in [9.17, 15) is 4.79 Å². The molecule has 3 rings (SSSR count). The maximum Gasteiger partial charge on any atom is 0.338 e. The Balaban J connectivity index is 2.05. The summed E-state index contributed by atoms with van der Waals surface area (Å²) in [6.45, 7) is 11.7. The van der Waals surface area contributed by atoms with Gasteiger partial charge in [0.2, 0.25) is 0 Å². The van der Waals surface area contributed by atoms with E-state index >= 15 is 0 Å². The Morgan fingerprint density at radius 2 is 1.19 bits per heavy atom. The molecular formula is C29H30O2. The van der Waals surface area contributed by atoms with Crippen molar-refractivity contribution in [2.75, 3.05) is 0 Å². The van der Waals surface area contributed by atoms with Crippen molar-refractivity contribution in [1.29, 1.82) is 0 Å². The normalized spacial score (nSPS) is 12.1. The van der Waals surface area contributed by atoms with E-state index in [1.54, 1.807) is 0 Å². The van der Waals surface area contributed by atoms with Gasteiger partial charge in [-0.2, -0.15) is 0 Å². The summed E-state index contributed by atoms with van der Waals surface area (Å²) in [5.74, 6) is -0.391. The first kappa shape index (κ1) is 22.3. The highest BCUT2D eigenvalue weighted by atomic mass is 16.6. The van der Waals surface area contributed by atoms with Gasteiger partial charge in [0, 0.05) is 0 Å². The van der Waals surface area contributed by atoms with Gasteiger partial charge in [0.25, 0.3) is 0 Å². The van der Waals surface area contributed by atoms with Crippen LogP contribution >= 0.6 is 0 Å². The van der Waals surface area contributed by atoms with Gasteiger partial charge in [0.1, 0.15) is 5.60 Å². The van der Waals surface area contributed by atoms with Crippen molar-refractivity contribution in [2.24, 2.45) is 0 Å². The number of benzene rings is 3. The smallest absolute Gasteiger partial charge is 0.338 e. The van der Waals surface area contributed by atoms with E-state index < -0.39 is 11.6 Å². The van der Waals surface area contributed by atoms with Crippen LogP contribution in [0.4, 0.5) is 0 Å². The van der Waals surface area contributed by atoms with Gasteiger partial charge >= 0.3 is 5.97 Å². The van der Waals surface area contributed by atoms with Gasteiger partial charge in [-0.15, -0.1) is 0 Å². The maximum atomic E-state index is 12.4. The molecule has 0 aliphatic rings. The molecule has 0 bridgehead atoms. The van der Waals surface area contributed by atoms with Crippen LogP contribution in [0.2, 0.25) is 0 Å². The summed E-state index contributed by atoms with van der Waals surface area (Å²) in [5, 5.41) is 0. The van der Waals surface area contributed by atoms with Crippen LogP contribution in [-0.4, -0.2) is 11.6 Å². The van der Waals surface area contributed by atoms with Crippen LogP contribution in [0.1, 0.15) is 56.4 Å². The van der Waals surface area contributed by atoms with Crippen LogP contribution in [0.25, 0.3) is 16.7 Å². The van der Waals surface area contributed by atoms with Crippen molar-refractivity contribution in [3.8, 4) is 0 Å². The first-order chi connectivity index (χ1) is 14.8. The Labute approximate surface area is 185 Å². The van der Waals surface area contributed by atoms with Crippen molar-refractivity contribution < 1.29 is 9.53 Å². The number of ether oxygens (including phenoxy) is 1. The van der Waals surface area contributed by atoms with Gasteiger partial charge < -0.3 is 4.74 Å². The Kier molecular flexibility index (Phi) is 6.91. The molecular weight excluding hydrogens is 380 g/mol. The Bertz CT molecular complexity index is 1070. The Morgan fingerprint density at radius 3 is 1.68 bits per heavy atom. The predicted octanol–water partition coefficient (Wildman–Crippen LogP) is 7.41. The number of allylic oxidation sites excluding steroid dienone is 1. The molecule has 0 amide bonds. The summed E-state index contributed by atoms with van der Waals surface area (Å²) in [4.78, 5) is 12.4. The molecule has 0 unspecified atom stereocenters. The average Bonchev–Trinajstić information content (AvgIpc) is 2.77.